The zero-order valence-electron chi connectivity index (χ0n) is 13.5. The molecule has 4 heteroatoms. The molecule has 0 atom stereocenters. The van der Waals surface area contributed by atoms with E-state index in [2.05, 4.69) is 31.4 Å². The van der Waals surface area contributed by atoms with Crippen LogP contribution in [0.4, 0.5) is 0 Å². The van der Waals surface area contributed by atoms with E-state index in [1.807, 2.05) is 6.08 Å². The Morgan fingerprint density at radius 2 is 2.00 bits per heavy atom. The molecule has 0 unspecified atom stereocenters. The first-order valence-corrected chi connectivity index (χ1v) is 7.88. The van der Waals surface area contributed by atoms with E-state index < -0.39 is 0 Å². The molecule has 21 heavy (non-hydrogen) atoms. The van der Waals surface area contributed by atoms with Crippen LogP contribution in [0.2, 0.25) is 0 Å². The van der Waals surface area contributed by atoms with Gasteiger partial charge in [0.15, 0.2) is 0 Å². The zero-order valence-corrected chi connectivity index (χ0v) is 14.3. The Labute approximate surface area is 135 Å². The molecular weight excluding hydrogens is 284 g/mol. The molecule has 120 valence electrons. The van der Waals surface area contributed by atoms with Crippen LogP contribution in [0.25, 0.3) is 0 Å². The first kappa shape index (κ1) is 18.2. The molecule has 0 aromatic carbocycles. The Bertz CT molecular complexity index is 421. The Morgan fingerprint density at radius 1 is 1.33 bits per heavy atom. The van der Waals surface area contributed by atoms with Crippen molar-refractivity contribution in [2.24, 2.45) is 5.41 Å². The van der Waals surface area contributed by atoms with Crippen molar-refractivity contribution in [1.82, 2.24) is 10.6 Å². The molecular formula is C17H29ClN2O. The van der Waals surface area contributed by atoms with E-state index in [-0.39, 0.29) is 23.7 Å². The van der Waals surface area contributed by atoms with Crippen LogP contribution in [-0.4, -0.2) is 25.0 Å². The number of piperidine rings is 1. The van der Waals surface area contributed by atoms with E-state index in [0.29, 0.717) is 6.04 Å². The van der Waals surface area contributed by atoms with E-state index >= 15 is 0 Å². The molecule has 1 saturated heterocycles. The normalized spacial score (nSPS) is 23.0. The van der Waals surface area contributed by atoms with Crippen molar-refractivity contribution in [1.29, 1.82) is 0 Å². The van der Waals surface area contributed by atoms with E-state index in [9.17, 15) is 4.79 Å². The second-order valence-electron chi connectivity index (χ2n) is 6.80. The van der Waals surface area contributed by atoms with Crippen molar-refractivity contribution in [3.63, 3.8) is 0 Å². The Hall–Kier alpha value is -0.800. The lowest BCUT2D eigenvalue weighted by molar-refractivity contribution is -0.117. The number of carbonyl (C=O) groups is 1. The second-order valence-corrected chi connectivity index (χ2v) is 6.80. The van der Waals surface area contributed by atoms with Gasteiger partial charge < -0.3 is 10.6 Å². The summed E-state index contributed by atoms with van der Waals surface area (Å²) in [6, 6.07) is 0.336. The molecule has 0 spiro atoms. The minimum absolute atomic E-state index is 0. The van der Waals surface area contributed by atoms with Gasteiger partial charge >= 0.3 is 0 Å². The maximum atomic E-state index is 12.0. The number of halogens is 1. The van der Waals surface area contributed by atoms with Gasteiger partial charge in [0, 0.05) is 12.1 Å². The van der Waals surface area contributed by atoms with Crippen molar-refractivity contribution in [3.05, 3.63) is 23.3 Å². The van der Waals surface area contributed by atoms with Gasteiger partial charge in [0.25, 0.3) is 0 Å². The zero-order chi connectivity index (χ0) is 14.6. The summed E-state index contributed by atoms with van der Waals surface area (Å²) in [6.45, 7) is 8.77. The highest BCUT2D eigenvalue weighted by atomic mass is 35.5. The lowest BCUT2D eigenvalue weighted by Gasteiger charge is -2.32. The van der Waals surface area contributed by atoms with Crippen LogP contribution in [0.5, 0.6) is 0 Å². The summed E-state index contributed by atoms with van der Waals surface area (Å²) in [6.07, 6.45) is 9.48. The van der Waals surface area contributed by atoms with Gasteiger partial charge in [-0.25, -0.2) is 0 Å². The predicted octanol–water partition coefficient (Wildman–Crippen LogP) is 3.36. The summed E-state index contributed by atoms with van der Waals surface area (Å²) in [5.74, 6) is 0.0542. The highest BCUT2D eigenvalue weighted by Gasteiger charge is 2.26. The molecule has 0 bridgehead atoms. The van der Waals surface area contributed by atoms with E-state index in [0.717, 1.165) is 25.9 Å². The highest BCUT2D eigenvalue weighted by molar-refractivity contribution is 5.88. The van der Waals surface area contributed by atoms with E-state index in [1.165, 1.54) is 30.4 Å². The third-order valence-electron chi connectivity index (χ3n) is 4.63. The first-order chi connectivity index (χ1) is 9.49. The Kier molecular flexibility index (Phi) is 6.95. The van der Waals surface area contributed by atoms with E-state index in [4.69, 9.17) is 0 Å². The van der Waals surface area contributed by atoms with Gasteiger partial charge in [-0.1, -0.05) is 25.5 Å². The van der Waals surface area contributed by atoms with Gasteiger partial charge in [0.05, 0.1) is 0 Å². The summed E-state index contributed by atoms with van der Waals surface area (Å²) in [7, 11) is 0. The maximum absolute atomic E-state index is 12.0. The summed E-state index contributed by atoms with van der Waals surface area (Å²) in [5, 5.41) is 6.42. The van der Waals surface area contributed by atoms with Crippen molar-refractivity contribution >= 4 is 18.3 Å². The van der Waals surface area contributed by atoms with Crippen molar-refractivity contribution in [2.45, 2.75) is 58.9 Å². The average Bonchev–Trinajstić information content (AvgIpc) is 2.38. The quantitative estimate of drug-likeness (QED) is 0.785. The smallest absolute Gasteiger partial charge is 0.244 e. The number of hydrogen-bond donors (Lipinski definition) is 2. The molecule has 1 heterocycles. The topological polar surface area (TPSA) is 41.1 Å². The number of nitrogens with one attached hydrogen (secondary N) is 2. The summed E-state index contributed by atoms with van der Waals surface area (Å²) < 4.78 is 0. The van der Waals surface area contributed by atoms with Gasteiger partial charge in [-0.15, -0.1) is 12.4 Å². The molecule has 2 aliphatic rings. The van der Waals surface area contributed by atoms with Crippen LogP contribution in [0, 0.1) is 5.41 Å². The molecule has 1 aliphatic carbocycles. The first-order valence-electron chi connectivity index (χ1n) is 7.88. The number of rotatable bonds is 3. The molecule has 1 aliphatic heterocycles. The van der Waals surface area contributed by atoms with Gasteiger partial charge in [0.1, 0.15) is 0 Å². The van der Waals surface area contributed by atoms with Crippen LogP contribution in [0.3, 0.4) is 0 Å². The van der Waals surface area contributed by atoms with Crippen molar-refractivity contribution in [3.8, 4) is 0 Å². The van der Waals surface area contributed by atoms with Crippen molar-refractivity contribution in [2.75, 3.05) is 13.1 Å². The fourth-order valence-corrected chi connectivity index (χ4v) is 3.38. The molecule has 0 saturated carbocycles. The Morgan fingerprint density at radius 3 is 2.62 bits per heavy atom. The van der Waals surface area contributed by atoms with Crippen LogP contribution in [0.15, 0.2) is 23.3 Å². The molecule has 2 rings (SSSR count). The Balaban J connectivity index is 0.00000220. The predicted molar refractivity (Wildman–Crippen MR) is 90.8 cm³/mol. The number of carbonyl (C=O) groups excluding carboxylic acids is 1. The summed E-state index contributed by atoms with van der Waals surface area (Å²) in [4.78, 5) is 12.0. The molecule has 3 nitrogen and oxygen atoms in total. The van der Waals surface area contributed by atoms with Crippen LogP contribution >= 0.6 is 12.4 Å². The van der Waals surface area contributed by atoms with Crippen LogP contribution in [-0.2, 0) is 4.79 Å². The molecule has 1 fully saturated rings. The van der Waals surface area contributed by atoms with Gasteiger partial charge in [0.2, 0.25) is 5.91 Å². The largest absolute Gasteiger partial charge is 0.350 e. The standard InChI is InChI=1S/C17H28N2O.ClH/c1-13-5-4-10-17(2,3)15(13)6-7-16(20)19-14-8-11-18-12-9-14;/h6-7,14,18H,4-5,8-12H2,1-3H3,(H,19,20);1H/b7-6+;. The summed E-state index contributed by atoms with van der Waals surface area (Å²) >= 11 is 0. The average molecular weight is 313 g/mol. The number of hydrogen-bond acceptors (Lipinski definition) is 2. The second kappa shape index (κ2) is 8.00. The van der Waals surface area contributed by atoms with Gasteiger partial charge in [-0.3, -0.25) is 4.79 Å². The number of allylic oxidation sites excluding steroid dienone is 3. The SMILES string of the molecule is CC1=C(/C=C/C(=O)NC2CCNCC2)C(C)(C)CCC1.Cl. The lowest BCUT2D eigenvalue weighted by atomic mass is 9.72. The third kappa shape index (κ3) is 5.15. The van der Waals surface area contributed by atoms with E-state index in [1.54, 1.807) is 6.08 Å². The minimum Gasteiger partial charge on any atom is -0.350 e. The minimum atomic E-state index is 0. The fourth-order valence-electron chi connectivity index (χ4n) is 3.38. The molecule has 0 radical (unpaired) electrons. The van der Waals surface area contributed by atoms with Gasteiger partial charge in [-0.05, 0) is 63.1 Å². The fraction of sp³-hybridized carbons (Fsp3) is 0.706. The molecule has 2 N–H and O–H groups in total. The molecule has 0 aromatic heterocycles. The van der Waals surface area contributed by atoms with Crippen LogP contribution < -0.4 is 10.6 Å². The summed E-state index contributed by atoms with van der Waals surface area (Å²) in [5.41, 5.74) is 2.99. The number of amides is 1. The van der Waals surface area contributed by atoms with Crippen molar-refractivity contribution < 1.29 is 4.79 Å². The lowest BCUT2D eigenvalue weighted by Crippen LogP contribution is -2.42. The monoisotopic (exact) mass is 312 g/mol. The molecule has 1 amide bonds. The highest BCUT2D eigenvalue weighted by Crippen LogP contribution is 2.40. The molecule has 0 aromatic rings. The third-order valence-corrected chi connectivity index (χ3v) is 4.63. The maximum Gasteiger partial charge on any atom is 0.244 e. The van der Waals surface area contributed by atoms with Gasteiger partial charge in [-0.2, -0.15) is 0 Å². The van der Waals surface area contributed by atoms with Crippen LogP contribution in [0.1, 0.15) is 52.9 Å².